The summed E-state index contributed by atoms with van der Waals surface area (Å²) in [6.07, 6.45) is 0.833. The molecular weight excluding hydrogens is 235 g/mol. The van der Waals surface area contributed by atoms with E-state index < -0.39 is 11.4 Å². The average molecular weight is 254 g/mol. The minimum atomic E-state index is -0.426. The van der Waals surface area contributed by atoms with Gasteiger partial charge in [-0.05, 0) is 32.4 Å². The van der Waals surface area contributed by atoms with E-state index in [1.165, 1.54) is 25.3 Å². The van der Waals surface area contributed by atoms with Gasteiger partial charge >= 0.3 is 0 Å². The number of hydrogen-bond donors (Lipinski definition) is 2. The number of benzene rings is 1. The van der Waals surface area contributed by atoms with Gasteiger partial charge in [0.05, 0.1) is 12.8 Å². The van der Waals surface area contributed by atoms with Crippen molar-refractivity contribution in [3.8, 4) is 5.75 Å². The molecule has 1 aromatic rings. The number of rotatable bonds is 5. The van der Waals surface area contributed by atoms with Gasteiger partial charge in [0.1, 0.15) is 11.6 Å². The summed E-state index contributed by atoms with van der Waals surface area (Å²) in [6, 6.07) is 3.97. The van der Waals surface area contributed by atoms with E-state index in [0.717, 1.165) is 0 Å². The molecule has 0 fully saturated rings. The number of nitrogens with one attached hydrogen (secondary N) is 1. The zero-order chi connectivity index (χ0) is 13.8. The largest absolute Gasteiger partial charge is 0.495 e. The fourth-order valence-corrected chi connectivity index (χ4v) is 1.43. The van der Waals surface area contributed by atoms with Crippen LogP contribution in [0.1, 0.15) is 26.7 Å². The number of halogens is 1. The number of amides is 1. The number of carbonyl (C=O) groups excluding carboxylic acids is 1. The first-order valence-electron chi connectivity index (χ1n) is 5.74. The maximum atomic E-state index is 13.1. The van der Waals surface area contributed by atoms with Crippen LogP contribution in [0.25, 0.3) is 0 Å². The highest BCUT2D eigenvalue weighted by Gasteiger charge is 2.14. The number of carbonyl (C=O) groups is 1. The molecule has 3 N–H and O–H groups in total. The zero-order valence-electron chi connectivity index (χ0n) is 10.9. The van der Waals surface area contributed by atoms with Crippen molar-refractivity contribution in [2.24, 2.45) is 5.73 Å². The molecule has 1 aromatic carbocycles. The fraction of sp³-hybridized carbons (Fsp3) is 0.462. The molecule has 0 bridgehead atoms. The van der Waals surface area contributed by atoms with E-state index in [0.29, 0.717) is 17.9 Å². The second-order valence-electron chi connectivity index (χ2n) is 4.88. The van der Waals surface area contributed by atoms with Crippen LogP contribution in [-0.2, 0) is 4.79 Å². The third kappa shape index (κ3) is 4.71. The molecule has 1 amide bonds. The molecule has 4 nitrogen and oxygen atoms in total. The molecule has 0 aliphatic rings. The summed E-state index contributed by atoms with van der Waals surface area (Å²) < 4.78 is 18.1. The third-order valence-corrected chi connectivity index (χ3v) is 2.43. The summed E-state index contributed by atoms with van der Waals surface area (Å²) in [7, 11) is 1.46. The molecule has 0 radical (unpaired) electrons. The Bertz CT molecular complexity index is 427. The predicted octanol–water partition coefficient (Wildman–Crippen LogP) is 2.29. The fourth-order valence-electron chi connectivity index (χ4n) is 1.43. The summed E-state index contributed by atoms with van der Waals surface area (Å²) >= 11 is 0. The number of nitrogens with two attached hydrogens (primary N) is 1. The first-order chi connectivity index (χ1) is 8.31. The molecule has 0 spiro atoms. The van der Waals surface area contributed by atoms with Crippen LogP contribution in [0, 0.1) is 5.82 Å². The molecule has 0 saturated heterocycles. The Kier molecular flexibility index (Phi) is 4.67. The topological polar surface area (TPSA) is 64.3 Å². The van der Waals surface area contributed by atoms with Crippen LogP contribution in [0.3, 0.4) is 0 Å². The highest BCUT2D eigenvalue weighted by molar-refractivity contribution is 5.92. The Morgan fingerprint density at radius 2 is 2.17 bits per heavy atom. The normalized spacial score (nSPS) is 11.2. The van der Waals surface area contributed by atoms with E-state index >= 15 is 0 Å². The van der Waals surface area contributed by atoms with Gasteiger partial charge in [-0.25, -0.2) is 4.39 Å². The highest BCUT2D eigenvalue weighted by atomic mass is 19.1. The van der Waals surface area contributed by atoms with E-state index in [1.807, 2.05) is 13.8 Å². The van der Waals surface area contributed by atoms with Crippen LogP contribution in [0.5, 0.6) is 5.75 Å². The van der Waals surface area contributed by atoms with Gasteiger partial charge in [-0.2, -0.15) is 0 Å². The summed E-state index contributed by atoms with van der Waals surface area (Å²) in [4.78, 5) is 11.7. The summed E-state index contributed by atoms with van der Waals surface area (Å²) in [5.74, 6) is -0.209. The van der Waals surface area contributed by atoms with Crippen LogP contribution in [0.15, 0.2) is 18.2 Å². The summed E-state index contributed by atoms with van der Waals surface area (Å²) in [6.45, 7) is 3.70. The molecule has 0 unspecified atom stereocenters. The van der Waals surface area contributed by atoms with E-state index in [2.05, 4.69) is 5.32 Å². The summed E-state index contributed by atoms with van der Waals surface area (Å²) in [5.41, 5.74) is 5.72. The Hall–Kier alpha value is -1.62. The summed E-state index contributed by atoms with van der Waals surface area (Å²) in [5, 5.41) is 2.62. The standard InChI is InChI=1S/C13H19FN2O2/c1-13(2,15)7-6-12(17)16-10-8-9(14)4-5-11(10)18-3/h4-5,8H,6-7,15H2,1-3H3,(H,16,17). The molecule has 0 heterocycles. The molecular formula is C13H19FN2O2. The van der Waals surface area contributed by atoms with Gasteiger partial charge in [-0.3, -0.25) is 4.79 Å². The van der Waals surface area contributed by atoms with Gasteiger partial charge in [0, 0.05) is 18.0 Å². The van der Waals surface area contributed by atoms with E-state index in [1.54, 1.807) is 0 Å². The number of ether oxygens (including phenoxy) is 1. The first kappa shape index (κ1) is 14.4. The van der Waals surface area contributed by atoms with Crippen molar-refractivity contribution in [2.75, 3.05) is 12.4 Å². The minimum absolute atomic E-state index is 0.211. The van der Waals surface area contributed by atoms with Crippen molar-refractivity contribution in [3.63, 3.8) is 0 Å². The Morgan fingerprint density at radius 3 is 2.72 bits per heavy atom. The molecule has 0 aromatic heterocycles. The van der Waals surface area contributed by atoms with Gasteiger partial charge in [-0.15, -0.1) is 0 Å². The molecule has 0 saturated carbocycles. The van der Waals surface area contributed by atoms with Crippen molar-refractivity contribution in [2.45, 2.75) is 32.2 Å². The maximum Gasteiger partial charge on any atom is 0.224 e. The van der Waals surface area contributed by atoms with Crippen LogP contribution < -0.4 is 15.8 Å². The Balaban J connectivity index is 2.66. The molecule has 0 atom stereocenters. The van der Waals surface area contributed by atoms with Crippen molar-refractivity contribution in [1.29, 1.82) is 0 Å². The van der Waals surface area contributed by atoms with Gasteiger partial charge in [0.15, 0.2) is 0 Å². The van der Waals surface area contributed by atoms with Crippen molar-refractivity contribution >= 4 is 11.6 Å². The highest BCUT2D eigenvalue weighted by Crippen LogP contribution is 2.25. The number of methoxy groups -OCH3 is 1. The van der Waals surface area contributed by atoms with Crippen molar-refractivity contribution in [1.82, 2.24) is 0 Å². The molecule has 18 heavy (non-hydrogen) atoms. The number of hydrogen-bond acceptors (Lipinski definition) is 3. The third-order valence-electron chi connectivity index (χ3n) is 2.43. The molecule has 1 rings (SSSR count). The average Bonchev–Trinajstić information content (AvgIpc) is 2.26. The molecule has 0 aliphatic carbocycles. The van der Waals surface area contributed by atoms with Crippen LogP contribution in [-0.4, -0.2) is 18.6 Å². The zero-order valence-corrected chi connectivity index (χ0v) is 10.9. The Labute approximate surface area is 106 Å². The minimum Gasteiger partial charge on any atom is -0.495 e. The quantitative estimate of drug-likeness (QED) is 0.847. The SMILES string of the molecule is COc1ccc(F)cc1NC(=O)CCC(C)(C)N. The van der Waals surface area contributed by atoms with Gasteiger partial charge in [0.2, 0.25) is 5.91 Å². The molecule has 100 valence electrons. The molecule has 0 aliphatic heterocycles. The predicted molar refractivity (Wildman–Crippen MR) is 69.1 cm³/mol. The second-order valence-corrected chi connectivity index (χ2v) is 4.88. The lowest BCUT2D eigenvalue weighted by atomic mass is 10.00. The lowest BCUT2D eigenvalue weighted by Crippen LogP contribution is -2.33. The maximum absolute atomic E-state index is 13.1. The van der Waals surface area contributed by atoms with Crippen LogP contribution in [0.4, 0.5) is 10.1 Å². The van der Waals surface area contributed by atoms with Crippen molar-refractivity contribution < 1.29 is 13.9 Å². The molecule has 5 heteroatoms. The van der Waals surface area contributed by atoms with E-state index in [9.17, 15) is 9.18 Å². The van der Waals surface area contributed by atoms with Crippen LogP contribution in [0.2, 0.25) is 0 Å². The lowest BCUT2D eigenvalue weighted by molar-refractivity contribution is -0.116. The van der Waals surface area contributed by atoms with Gasteiger partial charge < -0.3 is 15.8 Å². The number of anilines is 1. The van der Waals surface area contributed by atoms with Crippen LogP contribution >= 0.6 is 0 Å². The van der Waals surface area contributed by atoms with E-state index in [4.69, 9.17) is 10.5 Å². The van der Waals surface area contributed by atoms with Crippen molar-refractivity contribution in [3.05, 3.63) is 24.0 Å². The Morgan fingerprint density at radius 1 is 1.50 bits per heavy atom. The monoisotopic (exact) mass is 254 g/mol. The van der Waals surface area contributed by atoms with Gasteiger partial charge in [0.25, 0.3) is 0 Å². The smallest absolute Gasteiger partial charge is 0.224 e. The van der Waals surface area contributed by atoms with Gasteiger partial charge in [-0.1, -0.05) is 0 Å². The second kappa shape index (κ2) is 5.82. The lowest BCUT2D eigenvalue weighted by Gasteiger charge is -2.18. The van der Waals surface area contributed by atoms with E-state index in [-0.39, 0.29) is 12.3 Å². The first-order valence-corrected chi connectivity index (χ1v) is 5.74.